The number of hydrogen-bond acceptors (Lipinski definition) is 2. The number of carboxylic acids is 1. The summed E-state index contributed by atoms with van der Waals surface area (Å²) in [5.74, 6) is -1.15. The van der Waals surface area contributed by atoms with Crippen molar-refractivity contribution in [3.63, 3.8) is 0 Å². The van der Waals surface area contributed by atoms with Gasteiger partial charge in [-0.3, -0.25) is 9.59 Å². The van der Waals surface area contributed by atoms with E-state index in [1.807, 2.05) is 32.0 Å². The Morgan fingerprint density at radius 1 is 1.24 bits per heavy atom. The van der Waals surface area contributed by atoms with Crippen LogP contribution < -0.4 is 5.32 Å². The first kappa shape index (κ1) is 15.1. The first-order valence-electron chi connectivity index (χ1n) is 7.11. The number of amides is 1. The van der Waals surface area contributed by atoms with E-state index in [4.69, 9.17) is 5.11 Å². The molecule has 5 heteroatoms. The lowest BCUT2D eigenvalue weighted by molar-refractivity contribution is -0.138. The predicted molar refractivity (Wildman–Crippen MR) is 81.3 cm³/mol. The first-order valence-corrected chi connectivity index (χ1v) is 7.11. The summed E-state index contributed by atoms with van der Waals surface area (Å²) in [5.41, 5.74) is 0.595. The van der Waals surface area contributed by atoms with Crippen LogP contribution in [-0.4, -0.2) is 27.5 Å². The summed E-state index contributed by atoms with van der Waals surface area (Å²) in [6, 6.07) is 7.38. The molecule has 0 saturated carbocycles. The molecule has 0 aliphatic rings. The van der Waals surface area contributed by atoms with Gasteiger partial charge in [-0.1, -0.05) is 26.0 Å². The summed E-state index contributed by atoms with van der Waals surface area (Å²) in [6.07, 6.45) is 2.85. The van der Waals surface area contributed by atoms with E-state index in [0.717, 1.165) is 10.9 Å². The molecule has 2 aromatic rings. The molecule has 1 heterocycles. The van der Waals surface area contributed by atoms with Crippen molar-refractivity contribution in [3.8, 4) is 0 Å². The molecule has 1 aromatic heterocycles. The molecule has 5 nitrogen and oxygen atoms in total. The number of rotatable bonds is 6. The van der Waals surface area contributed by atoms with E-state index < -0.39 is 11.5 Å². The van der Waals surface area contributed by atoms with Crippen LogP contribution in [0.3, 0.4) is 0 Å². The fourth-order valence-electron chi connectivity index (χ4n) is 2.59. The molecule has 0 saturated heterocycles. The van der Waals surface area contributed by atoms with Crippen LogP contribution in [0.5, 0.6) is 0 Å². The number of carboxylic acid groups (broad SMARTS) is 1. The molecule has 0 fully saturated rings. The summed E-state index contributed by atoms with van der Waals surface area (Å²) in [7, 11) is 0. The topological polar surface area (TPSA) is 82.2 Å². The maximum Gasteiger partial charge on any atom is 0.305 e. The Bertz CT molecular complexity index is 656. The molecule has 2 rings (SSSR count). The Hall–Kier alpha value is -2.30. The number of benzene rings is 1. The van der Waals surface area contributed by atoms with Gasteiger partial charge >= 0.3 is 5.97 Å². The predicted octanol–water partition coefficient (Wildman–Crippen LogP) is 2.93. The van der Waals surface area contributed by atoms with Crippen LogP contribution in [-0.2, 0) is 4.79 Å². The minimum atomic E-state index is -0.905. The third kappa shape index (κ3) is 3.07. The Balaban J connectivity index is 2.31. The van der Waals surface area contributed by atoms with Crippen molar-refractivity contribution in [3.05, 3.63) is 36.0 Å². The molecule has 0 bridgehead atoms. The van der Waals surface area contributed by atoms with Crippen molar-refractivity contribution in [2.24, 2.45) is 0 Å². The number of aromatic nitrogens is 1. The Kier molecular flexibility index (Phi) is 4.31. The van der Waals surface area contributed by atoms with Gasteiger partial charge in [-0.05, 0) is 25.0 Å². The molecule has 1 aromatic carbocycles. The summed E-state index contributed by atoms with van der Waals surface area (Å²) in [6.45, 7) is 3.78. The van der Waals surface area contributed by atoms with Crippen molar-refractivity contribution >= 4 is 22.8 Å². The summed E-state index contributed by atoms with van der Waals surface area (Å²) in [5, 5.41) is 13.0. The van der Waals surface area contributed by atoms with Gasteiger partial charge in [0, 0.05) is 11.6 Å². The van der Waals surface area contributed by atoms with Gasteiger partial charge in [0.25, 0.3) is 5.91 Å². The minimum absolute atomic E-state index is 0.0769. The number of para-hydroxylation sites is 1. The fraction of sp³-hybridized carbons (Fsp3) is 0.375. The van der Waals surface area contributed by atoms with Gasteiger partial charge in [-0.2, -0.15) is 0 Å². The fourth-order valence-corrected chi connectivity index (χ4v) is 2.59. The highest BCUT2D eigenvalue weighted by Gasteiger charge is 2.31. The van der Waals surface area contributed by atoms with Crippen LogP contribution in [0.2, 0.25) is 0 Å². The number of H-pyrrole nitrogens is 1. The monoisotopic (exact) mass is 288 g/mol. The standard InChI is InChI=1S/C16H20N2O3/c1-3-16(4-2,10-13(19)20)18-15(21)12-7-5-6-11-8-9-17-14(11)12/h5-9,17H,3-4,10H2,1-2H3,(H,18,21)(H,19,20). The lowest BCUT2D eigenvalue weighted by atomic mass is 9.88. The molecule has 21 heavy (non-hydrogen) atoms. The average Bonchev–Trinajstić information content (AvgIpc) is 2.94. The normalized spacial score (nSPS) is 11.5. The Labute approximate surface area is 123 Å². The average molecular weight is 288 g/mol. The van der Waals surface area contributed by atoms with Crippen molar-refractivity contribution in [1.82, 2.24) is 10.3 Å². The molecule has 1 amide bonds. The first-order chi connectivity index (χ1) is 10.0. The highest BCUT2D eigenvalue weighted by molar-refractivity contribution is 6.06. The minimum Gasteiger partial charge on any atom is -0.481 e. The third-order valence-corrected chi connectivity index (χ3v) is 4.05. The summed E-state index contributed by atoms with van der Waals surface area (Å²) >= 11 is 0. The molecule has 0 aliphatic heterocycles. The quantitative estimate of drug-likeness (QED) is 0.764. The van der Waals surface area contributed by atoms with Gasteiger partial charge in [0.15, 0.2) is 0 Å². The Morgan fingerprint density at radius 2 is 1.95 bits per heavy atom. The third-order valence-electron chi connectivity index (χ3n) is 4.05. The lowest BCUT2D eigenvalue weighted by Crippen LogP contribution is -2.49. The van der Waals surface area contributed by atoms with Crippen LogP contribution >= 0.6 is 0 Å². The molecular weight excluding hydrogens is 268 g/mol. The molecule has 0 unspecified atom stereocenters. The van der Waals surface area contributed by atoms with Gasteiger partial charge in [0.2, 0.25) is 0 Å². The smallest absolute Gasteiger partial charge is 0.305 e. The van der Waals surface area contributed by atoms with E-state index in [9.17, 15) is 9.59 Å². The molecule has 0 aliphatic carbocycles. The molecule has 112 valence electrons. The lowest BCUT2D eigenvalue weighted by Gasteiger charge is -2.31. The molecule has 0 atom stereocenters. The van der Waals surface area contributed by atoms with Crippen molar-refractivity contribution in [2.75, 3.05) is 0 Å². The number of carbonyl (C=O) groups excluding carboxylic acids is 1. The largest absolute Gasteiger partial charge is 0.481 e. The van der Waals surface area contributed by atoms with Crippen LogP contribution in [0, 0.1) is 0 Å². The maximum atomic E-state index is 12.5. The van der Waals surface area contributed by atoms with Gasteiger partial charge in [-0.25, -0.2) is 0 Å². The van der Waals surface area contributed by atoms with E-state index in [0.29, 0.717) is 18.4 Å². The maximum absolute atomic E-state index is 12.5. The highest BCUT2D eigenvalue weighted by atomic mass is 16.4. The summed E-state index contributed by atoms with van der Waals surface area (Å²) < 4.78 is 0. The van der Waals surface area contributed by atoms with Gasteiger partial charge < -0.3 is 15.4 Å². The Morgan fingerprint density at radius 3 is 2.57 bits per heavy atom. The SMILES string of the molecule is CCC(CC)(CC(=O)O)NC(=O)c1cccc2cc[nH]c12. The number of aromatic amines is 1. The van der Waals surface area contributed by atoms with E-state index in [2.05, 4.69) is 10.3 Å². The van der Waals surface area contributed by atoms with Gasteiger partial charge in [0.05, 0.1) is 23.0 Å². The second-order valence-electron chi connectivity index (χ2n) is 5.26. The molecule has 3 N–H and O–H groups in total. The van der Waals surface area contributed by atoms with Crippen LogP contribution in [0.4, 0.5) is 0 Å². The van der Waals surface area contributed by atoms with E-state index >= 15 is 0 Å². The zero-order valence-corrected chi connectivity index (χ0v) is 12.3. The molecule has 0 spiro atoms. The van der Waals surface area contributed by atoms with E-state index in [-0.39, 0.29) is 12.3 Å². The molecule has 0 radical (unpaired) electrons. The number of aliphatic carboxylic acids is 1. The number of carbonyl (C=O) groups is 2. The number of fused-ring (bicyclic) bond motifs is 1. The van der Waals surface area contributed by atoms with Crippen LogP contribution in [0.1, 0.15) is 43.5 Å². The molecular formula is C16H20N2O3. The number of hydrogen-bond donors (Lipinski definition) is 3. The van der Waals surface area contributed by atoms with E-state index in [1.54, 1.807) is 12.3 Å². The van der Waals surface area contributed by atoms with Gasteiger partial charge in [-0.15, -0.1) is 0 Å². The van der Waals surface area contributed by atoms with Crippen molar-refractivity contribution < 1.29 is 14.7 Å². The van der Waals surface area contributed by atoms with Crippen LogP contribution in [0.15, 0.2) is 30.5 Å². The zero-order valence-electron chi connectivity index (χ0n) is 12.3. The second kappa shape index (κ2) is 5.99. The van der Waals surface area contributed by atoms with Crippen molar-refractivity contribution in [1.29, 1.82) is 0 Å². The zero-order chi connectivity index (χ0) is 15.5. The second-order valence-corrected chi connectivity index (χ2v) is 5.26. The van der Waals surface area contributed by atoms with Crippen LogP contribution in [0.25, 0.3) is 10.9 Å². The highest BCUT2D eigenvalue weighted by Crippen LogP contribution is 2.23. The summed E-state index contributed by atoms with van der Waals surface area (Å²) in [4.78, 5) is 26.7. The van der Waals surface area contributed by atoms with E-state index in [1.165, 1.54) is 0 Å². The van der Waals surface area contributed by atoms with Crippen molar-refractivity contribution in [2.45, 2.75) is 38.6 Å². The number of nitrogens with one attached hydrogen (secondary N) is 2. The van der Waals surface area contributed by atoms with Gasteiger partial charge in [0.1, 0.15) is 0 Å².